The number of piperidine rings is 2. The Bertz CT molecular complexity index is 915. The van der Waals surface area contributed by atoms with Gasteiger partial charge in [-0.05, 0) is 90.2 Å². The number of thioether (sulfide) groups is 1. The average molecular weight is 472 g/mol. The van der Waals surface area contributed by atoms with Crippen molar-refractivity contribution in [1.82, 2.24) is 24.6 Å². The summed E-state index contributed by atoms with van der Waals surface area (Å²) in [7, 11) is 1.67. The maximum atomic E-state index is 13.1. The minimum Gasteiger partial charge on any atom is -0.497 e. The molecule has 33 heavy (non-hydrogen) atoms. The number of methoxy groups -OCH3 is 1. The summed E-state index contributed by atoms with van der Waals surface area (Å²) in [5, 5.41) is 9.95. The maximum Gasteiger partial charge on any atom is 0.233 e. The van der Waals surface area contributed by atoms with E-state index in [1.165, 1.54) is 37.4 Å². The van der Waals surface area contributed by atoms with Gasteiger partial charge >= 0.3 is 0 Å². The highest BCUT2D eigenvalue weighted by Gasteiger charge is 2.30. The fourth-order valence-corrected chi connectivity index (χ4v) is 6.03. The molecule has 2 saturated heterocycles. The van der Waals surface area contributed by atoms with E-state index in [1.807, 2.05) is 24.3 Å². The van der Waals surface area contributed by atoms with Crippen LogP contribution in [0.15, 0.2) is 29.4 Å². The Hall–Kier alpha value is -2.06. The zero-order chi connectivity index (χ0) is 23.4. The average Bonchev–Trinajstić information content (AvgIpc) is 3.26. The van der Waals surface area contributed by atoms with Crippen LogP contribution in [0.1, 0.15) is 71.2 Å². The molecule has 1 aromatic heterocycles. The maximum absolute atomic E-state index is 13.1. The van der Waals surface area contributed by atoms with Gasteiger partial charge in [0.1, 0.15) is 5.75 Å². The minimum absolute atomic E-state index is 0.159. The molecule has 1 amide bonds. The number of amides is 1. The van der Waals surface area contributed by atoms with Crippen molar-refractivity contribution in [2.45, 2.75) is 82.6 Å². The molecule has 4 rings (SSSR count). The van der Waals surface area contributed by atoms with Gasteiger partial charge in [0, 0.05) is 17.8 Å². The molecule has 3 unspecified atom stereocenters. The molecule has 8 heteroatoms. The highest BCUT2D eigenvalue weighted by atomic mass is 32.2. The summed E-state index contributed by atoms with van der Waals surface area (Å²) in [5.41, 5.74) is 0.995. The summed E-state index contributed by atoms with van der Waals surface area (Å²) >= 11 is 1.49. The number of aromatic nitrogens is 3. The third-order valence-corrected chi connectivity index (χ3v) is 8.02. The zero-order valence-corrected chi connectivity index (χ0v) is 21.2. The number of carbonyl (C=O) groups is 1. The fourth-order valence-electron chi connectivity index (χ4n) is 5.20. The molecule has 0 saturated carbocycles. The van der Waals surface area contributed by atoms with Crippen molar-refractivity contribution in [2.24, 2.45) is 0 Å². The normalized spacial score (nSPS) is 22.8. The Morgan fingerprint density at radius 1 is 1.06 bits per heavy atom. The number of nitrogens with zero attached hydrogens (tertiary/aromatic N) is 5. The first kappa shape index (κ1) is 24.1. The molecule has 2 aliphatic rings. The molecule has 1 aromatic carbocycles. The lowest BCUT2D eigenvalue weighted by Crippen LogP contribution is -2.48. The van der Waals surface area contributed by atoms with Crippen LogP contribution in [0.4, 0.5) is 0 Å². The molecular weight excluding hydrogens is 434 g/mol. The summed E-state index contributed by atoms with van der Waals surface area (Å²) < 4.78 is 7.48. The Morgan fingerprint density at radius 2 is 1.73 bits per heavy atom. The van der Waals surface area contributed by atoms with E-state index >= 15 is 0 Å². The van der Waals surface area contributed by atoms with E-state index in [-0.39, 0.29) is 11.9 Å². The molecular formula is C25H37N5O2S. The molecule has 2 fully saturated rings. The summed E-state index contributed by atoms with van der Waals surface area (Å²) in [6.45, 7) is 8.71. The first-order valence-corrected chi connectivity index (χ1v) is 13.3. The molecule has 180 valence electrons. The van der Waals surface area contributed by atoms with E-state index in [0.29, 0.717) is 17.8 Å². The van der Waals surface area contributed by atoms with E-state index < -0.39 is 0 Å². The molecule has 2 aliphatic heterocycles. The van der Waals surface area contributed by atoms with Crippen LogP contribution in [-0.2, 0) is 4.79 Å². The topological polar surface area (TPSA) is 63.5 Å². The standard InChI is InChI=1S/C25H37N5O2S/c1-18-9-8-10-19(2)29(18)23(31)17-33-25-27-26-24(20(3)28-15-6-5-7-16-28)30(25)21-11-13-22(32-4)14-12-21/h11-14,18-20H,5-10,15-17H2,1-4H3. The van der Waals surface area contributed by atoms with Crippen LogP contribution in [0.2, 0.25) is 0 Å². The van der Waals surface area contributed by atoms with E-state index in [4.69, 9.17) is 4.74 Å². The Balaban J connectivity index is 1.58. The highest BCUT2D eigenvalue weighted by molar-refractivity contribution is 7.99. The van der Waals surface area contributed by atoms with Crippen molar-refractivity contribution < 1.29 is 9.53 Å². The van der Waals surface area contributed by atoms with Crippen molar-refractivity contribution in [1.29, 1.82) is 0 Å². The first-order valence-electron chi connectivity index (χ1n) is 12.3. The number of hydrogen-bond acceptors (Lipinski definition) is 6. The van der Waals surface area contributed by atoms with Gasteiger partial charge in [-0.15, -0.1) is 10.2 Å². The highest BCUT2D eigenvalue weighted by Crippen LogP contribution is 2.31. The molecule has 0 aliphatic carbocycles. The second-order valence-electron chi connectivity index (χ2n) is 9.37. The van der Waals surface area contributed by atoms with Crippen LogP contribution in [0.3, 0.4) is 0 Å². The van der Waals surface area contributed by atoms with Crippen molar-refractivity contribution >= 4 is 17.7 Å². The summed E-state index contributed by atoms with van der Waals surface area (Å²) in [6.07, 6.45) is 7.11. The fraction of sp³-hybridized carbons (Fsp3) is 0.640. The third kappa shape index (κ3) is 5.38. The van der Waals surface area contributed by atoms with Gasteiger partial charge in [-0.25, -0.2) is 0 Å². The third-order valence-electron chi connectivity index (χ3n) is 7.11. The van der Waals surface area contributed by atoms with Crippen LogP contribution < -0.4 is 4.74 Å². The number of carbonyl (C=O) groups excluding carboxylic acids is 1. The second kappa shape index (κ2) is 10.9. The SMILES string of the molecule is COc1ccc(-n2c(SCC(=O)N3C(C)CCCC3C)nnc2C(C)N2CCCCC2)cc1. The van der Waals surface area contributed by atoms with Gasteiger partial charge in [-0.2, -0.15) is 0 Å². The van der Waals surface area contributed by atoms with Gasteiger partial charge in [0.25, 0.3) is 0 Å². The van der Waals surface area contributed by atoms with Gasteiger partial charge in [-0.1, -0.05) is 18.2 Å². The monoisotopic (exact) mass is 471 g/mol. The molecule has 0 radical (unpaired) electrons. The Labute approximate surface area is 201 Å². The number of rotatable bonds is 7. The lowest BCUT2D eigenvalue weighted by atomic mass is 9.98. The van der Waals surface area contributed by atoms with Crippen molar-refractivity contribution in [3.8, 4) is 11.4 Å². The summed E-state index contributed by atoms with van der Waals surface area (Å²) in [5.74, 6) is 2.31. The molecule has 0 spiro atoms. The van der Waals surface area contributed by atoms with Crippen LogP contribution in [0.25, 0.3) is 5.69 Å². The van der Waals surface area contributed by atoms with E-state index in [0.717, 1.165) is 48.3 Å². The molecule has 0 N–H and O–H groups in total. The summed E-state index contributed by atoms with van der Waals surface area (Å²) in [4.78, 5) is 17.7. The van der Waals surface area contributed by atoms with Gasteiger partial charge in [0.15, 0.2) is 11.0 Å². The van der Waals surface area contributed by atoms with Gasteiger partial charge < -0.3 is 9.64 Å². The van der Waals surface area contributed by atoms with Crippen molar-refractivity contribution in [3.05, 3.63) is 30.1 Å². The number of benzene rings is 1. The predicted molar refractivity (Wildman–Crippen MR) is 132 cm³/mol. The number of ether oxygens (including phenoxy) is 1. The van der Waals surface area contributed by atoms with Crippen LogP contribution in [0.5, 0.6) is 5.75 Å². The van der Waals surface area contributed by atoms with Crippen LogP contribution >= 0.6 is 11.8 Å². The zero-order valence-electron chi connectivity index (χ0n) is 20.4. The smallest absolute Gasteiger partial charge is 0.233 e. The molecule has 0 bridgehead atoms. The Morgan fingerprint density at radius 3 is 2.36 bits per heavy atom. The van der Waals surface area contributed by atoms with Crippen molar-refractivity contribution in [3.63, 3.8) is 0 Å². The number of likely N-dealkylation sites (tertiary alicyclic amines) is 2. The van der Waals surface area contributed by atoms with E-state index in [1.54, 1.807) is 7.11 Å². The predicted octanol–water partition coefficient (Wildman–Crippen LogP) is 4.70. The van der Waals surface area contributed by atoms with E-state index in [2.05, 4.69) is 45.3 Å². The lowest BCUT2D eigenvalue weighted by molar-refractivity contribution is -0.134. The molecule has 7 nitrogen and oxygen atoms in total. The molecule has 3 heterocycles. The second-order valence-corrected chi connectivity index (χ2v) is 10.3. The van der Waals surface area contributed by atoms with Crippen LogP contribution in [0, 0.1) is 0 Å². The lowest BCUT2D eigenvalue weighted by Gasteiger charge is -2.39. The molecule has 3 atom stereocenters. The van der Waals surface area contributed by atoms with Crippen molar-refractivity contribution in [2.75, 3.05) is 26.0 Å². The number of hydrogen-bond donors (Lipinski definition) is 0. The largest absolute Gasteiger partial charge is 0.497 e. The summed E-state index contributed by atoms with van der Waals surface area (Å²) in [6, 6.07) is 8.76. The first-order chi connectivity index (χ1) is 16.0. The quantitative estimate of drug-likeness (QED) is 0.545. The Kier molecular flexibility index (Phi) is 7.96. The van der Waals surface area contributed by atoms with Gasteiger partial charge in [0.2, 0.25) is 5.91 Å². The van der Waals surface area contributed by atoms with Gasteiger partial charge in [-0.3, -0.25) is 14.3 Å². The molecule has 2 aromatic rings. The van der Waals surface area contributed by atoms with E-state index in [9.17, 15) is 4.79 Å². The van der Waals surface area contributed by atoms with Crippen LogP contribution in [-0.4, -0.2) is 68.5 Å². The minimum atomic E-state index is 0.159. The van der Waals surface area contributed by atoms with Gasteiger partial charge in [0.05, 0.1) is 18.9 Å².